The second-order valence-corrected chi connectivity index (χ2v) is 8.36. The summed E-state index contributed by atoms with van der Waals surface area (Å²) in [6.45, 7) is 13.9. The van der Waals surface area contributed by atoms with Crippen LogP contribution in [0.25, 0.3) is 0 Å². The lowest BCUT2D eigenvalue weighted by atomic mass is 9.89. The Labute approximate surface area is 138 Å². The SMILES string of the molecule is CC(C)c1cc(C(C)C)c(Pc2ccccc2)c(C(C)C)c1. The van der Waals surface area contributed by atoms with Gasteiger partial charge in [-0.15, -0.1) is 0 Å². The van der Waals surface area contributed by atoms with E-state index in [9.17, 15) is 0 Å². The first-order valence-electron chi connectivity index (χ1n) is 8.40. The molecule has 1 unspecified atom stereocenters. The lowest BCUT2D eigenvalue weighted by Gasteiger charge is -2.23. The zero-order valence-electron chi connectivity index (χ0n) is 14.8. The van der Waals surface area contributed by atoms with Gasteiger partial charge in [-0.2, -0.15) is 0 Å². The van der Waals surface area contributed by atoms with Crippen molar-refractivity contribution in [1.82, 2.24) is 0 Å². The highest BCUT2D eigenvalue weighted by molar-refractivity contribution is 7.55. The number of hydrogen-bond donors (Lipinski definition) is 0. The summed E-state index contributed by atoms with van der Waals surface area (Å²) in [5.74, 6) is 1.73. The Morgan fingerprint density at radius 2 is 1.18 bits per heavy atom. The molecule has 0 spiro atoms. The summed E-state index contributed by atoms with van der Waals surface area (Å²) >= 11 is 0. The molecule has 0 amide bonds. The van der Waals surface area contributed by atoms with Crippen LogP contribution in [0.15, 0.2) is 42.5 Å². The van der Waals surface area contributed by atoms with Crippen molar-refractivity contribution in [3.05, 3.63) is 59.2 Å². The Morgan fingerprint density at radius 1 is 0.682 bits per heavy atom. The smallest absolute Gasteiger partial charge is 0.0157 e. The zero-order chi connectivity index (χ0) is 16.3. The first kappa shape index (κ1) is 17.2. The summed E-state index contributed by atoms with van der Waals surface area (Å²) in [5.41, 5.74) is 4.56. The van der Waals surface area contributed by atoms with Crippen molar-refractivity contribution < 1.29 is 0 Å². The van der Waals surface area contributed by atoms with Crippen LogP contribution in [0.1, 0.15) is 76.0 Å². The zero-order valence-corrected chi connectivity index (χ0v) is 15.8. The Bertz CT molecular complexity index is 580. The fourth-order valence-electron chi connectivity index (χ4n) is 2.77. The van der Waals surface area contributed by atoms with Crippen LogP contribution in [-0.4, -0.2) is 0 Å². The summed E-state index contributed by atoms with van der Waals surface area (Å²) < 4.78 is 0. The van der Waals surface area contributed by atoms with Gasteiger partial charge in [-0.05, 0) is 45.1 Å². The lowest BCUT2D eigenvalue weighted by Crippen LogP contribution is -2.18. The van der Waals surface area contributed by atoms with E-state index in [1.165, 1.54) is 22.0 Å². The first-order valence-corrected chi connectivity index (χ1v) is 9.40. The molecule has 0 saturated heterocycles. The maximum atomic E-state index is 2.45. The second kappa shape index (κ2) is 7.42. The van der Waals surface area contributed by atoms with Crippen molar-refractivity contribution in [1.29, 1.82) is 0 Å². The fourth-order valence-corrected chi connectivity index (χ4v) is 4.42. The molecule has 0 saturated carbocycles. The molecule has 0 bridgehead atoms. The highest BCUT2D eigenvalue weighted by Gasteiger charge is 2.17. The van der Waals surface area contributed by atoms with E-state index in [1.807, 2.05) is 0 Å². The van der Waals surface area contributed by atoms with Gasteiger partial charge in [0.1, 0.15) is 0 Å². The van der Waals surface area contributed by atoms with Crippen LogP contribution in [0.3, 0.4) is 0 Å². The van der Waals surface area contributed by atoms with Crippen molar-refractivity contribution >= 4 is 19.2 Å². The van der Waals surface area contributed by atoms with Crippen LogP contribution < -0.4 is 10.6 Å². The third-order valence-corrected chi connectivity index (χ3v) is 5.62. The predicted molar refractivity (Wildman–Crippen MR) is 103 cm³/mol. The van der Waals surface area contributed by atoms with Gasteiger partial charge in [0.05, 0.1) is 0 Å². The number of benzene rings is 2. The van der Waals surface area contributed by atoms with E-state index >= 15 is 0 Å². The monoisotopic (exact) mass is 312 g/mol. The molecule has 118 valence electrons. The Balaban J connectivity index is 2.58. The number of rotatable bonds is 5. The maximum absolute atomic E-state index is 2.45. The minimum Gasteiger partial charge on any atom is -0.0622 e. The average molecular weight is 312 g/mol. The van der Waals surface area contributed by atoms with E-state index in [0.29, 0.717) is 17.8 Å². The first-order chi connectivity index (χ1) is 10.4. The molecule has 0 fully saturated rings. The minimum absolute atomic E-state index is 0.572. The lowest BCUT2D eigenvalue weighted by molar-refractivity contribution is 0.813. The third kappa shape index (κ3) is 3.99. The van der Waals surface area contributed by atoms with Crippen molar-refractivity contribution in [3.63, 3.8) is 0 Å². The fraction of sp³-hybridized carbons (Fsp3) is 0.429. The molecule has 0 aromatic heterocycles. The van der Waals surface area contributed by atoms with Gasteiger partial charge in [0.15, 0.2) is 0 Å². The van der Waals surface area contributed by atoms with E-state index in [0.717, 1.165) is 8.58 Å². The molecule has 1 heteroatoms. The largest absolute Gasteiger partial charge is 0.0622 e. The van der Waals surface area contributed by atoms with Crippen LogP contribution in [0.2, 0.25) is 0 Å². The standard InChI is InChI=1S/C21H29P/c1-14(2)17-12-19(15(3)4)21(20(13-17)16(5)6)22-18-10-8-7-9-11-18/h7-16,22H,1-6H3. The van der Waals surface area contributed by atoms with Crippen molar-refractivity contribution in [2.24, 2.45) is 0 Å². The molecule has 0 aliphatic carbocycles. The molecule has 0 nitrogen and oxygen atoms in total. The highest BCUT2D eigenvalue weighted by Crippen LogP contribution is 2.30. The molecule has 1 atom stereocenters. The topological polar surface area (TPSA) is 0 Å². The van der Waals surface area contributed by atoms with Gasteiger partial charge in [0.2, 0.25) is 0 Å². The van der Waals surface area contributed by atoms with Crippen LogP contribution >= 0.6 is 8.58 Å². The molecular formula is C21H29P. The minimum atomic E-state index is 0.572. The summed E-state index contributed by atoms with van der Waals surface area (Å²) in [4.78, 5) is 0. The maximum Gasteiger partial charge on any atom is -0.0157 e. The van der Waals surface area contributed by atoms with Crippen LogP contribution in [0.5, 0.6) is 0 Å². The molecule has 0 aliphatic heterocycles. The third-order valence-electron chi connectivity index (χ3n) is 4.18. The van der Waals surface area contributed by atoms with Crippen LogP contribution in [0.4, 0.5) is 0 Å². The van der Waals surface area contributed by atoms with Gasteiger partial charge in [-0.1, -0.05) is 92.6 Å². The van der Waals surface area contributed by atoms with E-state index in [4.69, 9.17) is 0 Å². The predicted octanol–water partition coefficient (Wildman–Crippen LogP) is 5.69. The van der Waals surface area contributed by atoms with Crippen molar-refractivity contribution in [2.75, 3.05) is 0 Å². The van der Waals surface area contributed by atoms with E-state index in [2.05, 4.69) is 84.0 Å². The Hall–Kier alpha value is -1.13. The normalized spacial score (nSPS) is 12.2. The molecule has 2 aromatic rings. The molecule has 0 heterocycles. The molecule has 0 radical (unpaired) electrons. The van der Waals surface area contributed by atoms with E-state index in [1.54, 1.807) is 5.30 Å². The van der Waals surface area contributed by atoms with Crippen molar-refractivity contribution in [3.8, 4) is 0 Å². The summed E-state index contributed by atoms with van der Waals surface area (Å²) in [7, 11) is 0.750. The number of hydrogen-bond acceptors (Lipinski definition) is 0. The Morgan fingerprint density at radius 3 is 1.59 bits per heavy atom. The van der Waals surface area contributed by atoms with Gasteiger partial charge in [0.25, 0.3) is 0 Å². The Kier molecular flexibility index (Phi) is 5.81. The van der Waals surface area contributed by atoms with Gasteiger partial charge in [-0.25, -0.2) is 0 Å². The van der Waals surface area contributed by atoms with E-state index in [-0.39, 0.29) is 0 Å². The van der Waals surface area contributed by atoms with Crippen LogP contribution in [-0.2, 0) is 0 Å². The summed E-state index contributed by atoms with van der Waals surface area (Å²) in [6.07, 6.45) is 0. The molecule has 22 heavy (non-hydrogen) atoms. The molecule has 0 aliphatic rings. The highest BCUT2D eigenvalue weighted by atomic mass is 31.1. The average Bonchev–Trinajstić information content (AvgIpc) is 2.47. The second-order valence-electron chi connectivity index (χ2n) is 7.03. The van der Waals surface area contributed by atoms with Gasteiger partial charge < -0.3 is 0 Å². The summed E-state index contributed by atoms with van der Waals surface area (Å²) in [5, 5.41) is 3.00. The van der Waals surface area contributed by atoms with Gasteiger partial charge >= 0.3 is 0 Å². The van der Waals surface area contributed by atoms with Gasteiger partial charge in [0, 0.05) is 0 Å². The molecule has 0 N–H and O–H groups in total. The van der Waals surface area contributed by atoms with Crippen LogP contribution in [0, 0.1) is 0 Å². The summed E-state index contributed by atoms with van der Waals surface area (Å²) in [6, 6.07) is 15.8. The van der Waals surface area contributed by atoms with Gasteiger partial charge in [-0.3, -0.25) is 0 Å². The molecule has 2 aromatic carbocycles. The quantitative estimate of drug-likeness (QED) is 0.622. The molecular weight excluding hydrogens is 283 g/mol. The van der Waals surface area contributed by atoms with E-state index < -0.39 is 0 Å². The molecule has 2 rings (SSSR count). The van der Waals surface area contributed by atoms with Crippen molar-refractivity contribution in [2.45, 2.75) is 59.3 Å².